The first-order valence-electron chi connectivity index (χ1n) is 13.1. The van der Waals surface area contributed by atoms with Crippen molar-refractivity contribution >= 4 is 23.6 Å². The lowest BCUT2D eigenvalue weighted by Crippen LogP contribution is -2.52. The van der Waals surface area contributed by atoms with Crippen molar-refractivity contribution in [3.05, 3.63) is 57.8 Å². The van der Waals surface area contributed by atoms with Gasteiger partial charge in [-0.1, -0.05) is 49.2 Å². The summed E-state index contributed by atoms with van der Waals surface area (Å²) in [5, 5.41) is 7.15. The Kier molecular flexibility index (Phi) is 5.37. The molecule has 186 valence electrons. The van der Waals surface area contributed by atoms with E-state index in [1.807, 2.05) is 24.3 Å². The second-order valence-corrected chi connectivity index (χ2v) is 12.3. The molecule has 2 amide bonds. The lowest BCUT2D eigenvalue weighted by atomic mass is 9.48. The SMILES string of the molecule is CC(=O)O[C@H]1CC[C@@]2(C)C(=CC[C@@H]3[C@@H]2CC[C@]2(C)C4=C(C[C@@H]32)C(c2ccc(Cl)cc2)NC(=O)N4)C1. The van der Waals surface area contributed by atoms with E-state index in [4.69, 9.17) is 16.3 Å². The van der Waals surface area contributed by atoms with Crippen molar-refractivity contribution in [3.63, 3.8) is 0 Å². The molecule has 1 aromatic carbocycles. The molecule has 1 heterocycles. The van der Waals surface area contributed by atoms with E-state index in [9.17, 15) is 9.59 Å². The first kappa shape index (κ1) is 23.1. The van der Waals surface area contributed by atoms with Crippen LogP contribution in [0.2, 0.25) is 5.02 Å². The average molecular weight is 495 g/mol. The van der Waals surface area contributed by atoms with Crippen molar-refractivity contribution in [1.82, 2.24) is 10.6 Å². The number of fused-ring (bicyclic) bond motifs is 6. The van der Waals surface area contributed by atoms with Gasteiger partial charge in [0, 0.05) is 29.5 Å². The molecular weight excluding hydrogens is 460 g/mol. The van der Waals surface area contributed by atoms with Crippen LogP contribution in [0, 0.1) is 28.6 Å². The van der Waals surface area contributed by atoms with Crippen LogP contribution < -0.4 is 10.6 Å². The van der Waals surface area contributed by atoms with Crippen LogP contribution in [-0.4, -0.2) is 18.1 Å². The predicted octanol–water partition coefficient (Wildman–Crippen LogP) is 6.45. The Morgan fingerprint density at radius 2 is 1.80 bits per heavy atom. The zero-order valence-electron chi connectivity index (χ0n) is 20.8. The van der Waals surface area contributed by atoms with Gasteiger partial charge in [-0.05, 0) is 85.0 Å². The van der Waals surface area contributed by atoms with Crippen LogP contribution in [0.1, 0.15) is 77.3 Å². The Bertz CT molecular complexity index is 1140. The van der Waals surface area contributed by atoms with Crippen LogP contribution >= 0.6 is 11.6 Å². The average Bonchev–Trinajstić information content (AvgIpc) is 3.11. The number of hydrogen-bond acceptors (Lipinski definition) is 3. The van der Waals surface area contributed by atoms with Gasteiger partial charge in [0.2, 0.25) is 0 Å². The Labute approximate surface area is 212 Å². The van der Waals surface area contributed by atoms with Gasteiger partial charge in [-0.3, -0.25) is 4.79 Å². The monoisotopic (exact) mass is 494 g/mol. The molecule has 4 aliphatic carbocycles. The molecule has 1 aromatic rings. The molecule has 0 saturated heterocycles. The van der Waals surface area contributed by atoms with Crippen molar-refractivity contribution < 1.29 is 14.3 Å². The molecule has 2 N–H and O–H groups in total. The number of carbonyl (C=O) groups excluding carboxylic acids is 2. The number of esters is 1. The third kappa shape index (κ3) is 3.56. The van der Waals surface area contributed by atoms with E-state index in [0.717, 1.165) is 44.1 Å². The minimum Gasteiger partial charge on any atom is -0.462 e. The first-order valence-corrected chi connectivity index (χ1v) is 13.5. The Morgan fingerprint density at radius 1 is 1.06 bits per heavy atom. The number of benzene rings is 1. The lowest BCUT2D eigenvalue weighted by Gasteiger charge is -2.57. The van der Waals surface area contributed by atoms with Crippen LogP contribution in [-0.2, 0) is 9.53 Å². The second kappa shape index (κ2) is 8.12. The summed E-state index contributed by atoms with van der Waals surface area (Å²) in [5.74, 6) is 1.58. The molecule has 6 rings (SSSR count). The normalized spacial score (nSPS) is 39.8. The third-order valence-electron chi connectivity index (χ3n) is 10.2. The maximum absolute atomic E-state index is 12.8. The zero-order valence-corrected chi connectivity index (χ0v) is 21.6. The highest BCUT2D eigenvalue weighted by atomic mass is 35.5. The van der Waals surface area contributed by atoms with Gasteiger partial charge in [0.25, 0.3) is 0 Å². The Hall–Kier alpha value is -2.27. The van der Waals surface area contributed by atoms with Gasteiger partial charge in [0.05, 0.1) is 6.04 Å². The van der Waals surface area contributed by atoms with Crippen LogP contribution in [0.4, 0.5) is 4.79 Å². The molecule has 0 spiro atoms. The topological polar surface area (TPSA) is 67.4 Å². The quantitative estimate of drug-likeness (QED) is 0.366. The highest BCUT2D eigenvalue weighted by molar-refractivity contribution is 6.30. The number of amides is 2. The maximum atomic E-state index is 12.8. The summed E-state index contributed by atoms with van der Waals surface area (Å²) in [7, 11) is 0. The third-order valence-corrected chi connectivity index (χ3v) is 10.4. The summed E-state index contributed by atoms with van der Waals surface area (Å²) in [6.07, 6.45) is 9.79. The number of allylic oxidation sites excluding steroid dienone is 2. The van der Waals surface area contributed by atoms with Crippen LogP contribution in [0.15, 0.2) is 47.2 Å². The van der Waals surface area contributed by atoms with Crippen molar-refractivity contribution in [2.45, 2.75) is 77.9 Å². The molecule has 2 saturated carbocycles. The number of carbonyl (C=O) groups is 2. The van der Waals surface area contributed by atoms with Gasteiger partial charge in [-0.25, -0.2) is 4.79 Å². The summed E-state index contributed by atoms with van der Waals surface area (Å²) < 4.78 is 5.60. The molecule has 0 radical (unpaired) electrons. The molecule has 35 heavy (non-hydrogen) atoms. The number of urea groups is 1. The van der Waals surface area contributed by atoms with E-state index in [2.05, 4.69) is 30.6 Å². The Balaban J connectivity index is 1.31. The van der Waals surface area contributed by atoms with Crippen molar-refractivity contribution in [1.29, 1.82) is 0 Å². The minimum absolute atomic E-state index is 0.00438. The van der Waals surface area contributed by atoms with Gasteiger partial charge in [-0.2, -0.15) is 0 Å². The van der Waals surface area contributed by atoms with Gasteiger partial charge in [0.15, 0.2) is 0 Å². The fourth-order valence-corrected chi connectivity index (χ4v) is 8.59. The van der Waals surface area contributed by atoms with Gasteiger partial charge in [0.1, 0.15) is 6.10 Å². The van der Waals surface area contributed by atoms with E-state index in [0.29, 0.717) is 22.8 Å². The fourth-order valence-electron chi connectivity index (χ4n) is 8.47. The van der Waals surface area contributed by atoms with E-state index in [-0.39, 0.29) is 35.0 Å². The standard InChI is InChI=1S/C29H35ClN2O3/c1-16(33)35-20-10-12-28(2)18(14-20)6-9-21-23(28)11-13-29(3)24(21)15-22-25(31-27(34)32-26(22)29)17-4-7-19(30)8-5-17/h4-8,20-21,23-25H,9-15H2,1-3H3,(H2,31,32,34)/t20-,21+,23-,24-,25?,28-,29-/m0/s1. The molecule has 0 bridgehead atoms. The summed E-state index contributed by atoms with van der Waals surface area (Å²) >= 11 is 6.15. The van der Waals surface area contributed by atoms with E-state index < -0.39 is 0 Å². The first-order chi connectivity index (χ1) is 16.7. The molecule has 5 aliphatic rings. The number of nitrogens with one attached hydrogen (secondary N) is 2. The predicted molar refractivity (Wildman–Crippen MR) is 136 cm³/mol. The van der Waals surface area contributed by atoms with E-state index >= 15 is 0 Å². The van der Waals surface area contributed by atoms with E-state index in [1.54, 1.807) is 0 Å². The molecule has 7 atom stereocenters. The lowest BCUT2D eigenvalue weighted by molar-refractivity contribution is -0.148. The molecule has 1 aliphatic heterocycles. The number of rotatable bonds is 2. The number of hydrogen-bond donors (Lipinski definition) is 2. The number of ether oxygens (including phenoxy) is 1. The highest BCUT2D eigenvalue weighted by Gasteiger charge is 2.59. The Morgan fingerprint density at radius 3 is 2.54 bits per heavy atom. The highest BCUT2D eigenvalue weighted by Crippen LogP contribution is 2.66. The zero-order chi connectivity index (χ0) is 24.5. The second-order valence-electron chi connectivity index (χ2n) is 11.9. The van der Waals surface area contributed by atoms with Gasteiger partial charge >= 0.3 is 12.0 Å². The van der Waals surface area contributed by atoms with Crippen LogP contribution in [0.25, 0.3) is 0 Å². The van der Waals surface area contributed by atoms with Gasteiger partial charge in [-0.15, -0.1) is 0 Å². The molecular formula is C29H35ClN2O3. The largest absolute Gasteiger partial charge is 0.462 e. The minimum atomic E-state index is -0.171. The van der Waals surface area contributed by atoms with Gasteiger partial charge < -0.3 is 15.4 Å². The molecule has 2 fully saturated rings. The maximum Gasteiger partial charge on any atom is 0.319 e. The van der Waals surface area contributed by atoms with Crippen molar-refractivity contribution in [2.24, 2.45) is 28.6 Å². The smallest absolute Gasteiger partial charge is 0.319 e. The molecule has 1 unspecified atom stereocenters. The summed E-state index contributed by atoms with van der Waals surface area (Å²) in [6.45, 7) is 6.37. The summed E-state index contributed by atoms with van der Waals surface area (Å²) in [4.78, 5) is 24.3. The van der Waals surface area contributed by atoms with Crippen LogP contribution in [0.5, 0.6) is 0 Å². The summed E-state index contributed by atoms with van der Waals surface area (Å²) in [6, 6.07) is 7.69. The van der Waals surface area contributed by atoms with Crippen molar-refractivity contribution in [3.8, 4) is 0 Å². The van der Waals surface area contributed by atoms with Crippen molar-refractivity contribution in [2.75, 3.05) is 0 Å². The summed E-state index contributed by atoms with van der Waals surface area (Å²) in [5.41, 5.74) is 5.29. The van der Waals surface area contributed by atoms with Crippen LogP contribution in [0.3, 0.4) is 0 Å². The fraction of sp³-hybridized carbons (Fsp3) is 0.586. The van der Waals surface area contributed by atoms with E-state index in [1.165, 1.54) is 30.2 Å². The molecule has 6 heteroatoms. The molecule has 5 nitrogen and oxygen atoms in total. The molecule has 0 aromatic heterocycles. The number of halogens is 1.